The first-order valence-electron chi connectivity index (χ1n) is 6.48. The van der Waals surface area contributed by atoms with Gasteiger partial charge in [-0.05, 0) is 46.3 Å². The molecule has 0 radical (unpaired) electrons. The van der Waals surface area contributed by atoms with E-state index in [0.29, 0.717) is 0 Å². The lowest BCUT2D eigenvalue weighted by Gasteiger charge is -2.19. The van der Waals surface area contributed by atoms with Crippen LogP contribution in [0.2, 0.25) is 0 Å². The van der Waals surface area contributed by atoms with E-state index >= 15 is 0 Å². The highest BCUT2D eigenvalue weighted by Crippen LogP contribution is 2.19. The smallest absolute Gasteiger partial charge is 0.119 e. The van der Waals surface area contributed by atoms with Gasteiger partial charge in [0, 0.05) is 47.1 Å². The molecule has 5 heteroatoms. The highest BCUT2D eigenvalue weighted by molar-refractivity contribution is 9.10. The zero-order chi connectivity index (χ0) is 14.4. The van der Waals surface area contributed by atoms with Gasteiger partial charge in [0.15, 0.2) is 0 Å². The predicted octanol–water partition coefficient (Wildman–Crippen LogP) is 3.75. The molecule has 20 heavy (non-hydrogen) atoms. The van der Waals surface area contributed by atoms with Crippen LogP contribution in [0.4, 0.5) is 5.69 Å². The van der Waals surface area contributed by atoms with E-state index in [-0.39, 0.29) is 0 Å². The minimum absolute atomic E-state index is 0.892. The van der Waals surface area contributed by atoms with Gasteiger partial charge in [-0.15, -0.1) is 11.3 Å². The topological polar surface area (TPSA) is 24.5 Å². The molecule has 3 nitrogen and oxygen atoms in total. The number of likely N-dealkylation sites (N-methyl/N-ethyl adjacent to an activating group) is 1. The van der Waals surface area contributed by atoms with Gasteiger partial charge in [0.25, 0.3) is 0 Å². The van der Waals surface area contributed by atoms with Gasteiger partial charge < -0.3 is 15.0 Å². The minimum atomic E-state index is 0.892. The van der Waals surface area contributed by atoms with Crippen LogP contribution in [0.1, 0.15) is 4.88 Å². The Balaban J connectivity index is 1.72. The van der Waals surface area contributed by atoms with Crippen molar-refractivity contribution in [2.24, 2.45) is 0 Å². The van der Waals surface area contributed by atoms with E-state index in [4.69, 9.17) is 4.74 Å². The SMILES string of the molecule is COc1ccc(N(C)CCNCc2cc(Br)cs2)cc1. The number of hydrogen-bond acceptors (Lipinski definition) is 4. The number of anilines is 1. The van der Waals surface area contributed by atoms with E-state index in [1.165, 1.54) is 10.6 Å². The Morgan fingerprint density at radius 2 is 2.05 bits per heavy atom. The Hall–Kier alpha value is -1.04. The summed E-state index contributed by atoms with van der Waals surface area (Å²) in [6.07, 6.45) is 0. The number of methoxy groups -OCH3 is 1. The second-order valence-electron chi connectivity index (χ2n) is 4.53. The molecule has 2 rings (SSSR count). The van der Waals surface area contributed by atoms with Gasteiger partial charge in [0.05, 0.1) is 7.11 Å². The number of halogens is 1. The molecule has 0 atom stereocenters. The first kappa shape index (κ1) is 15.4. The summed E-state index contributed by atoms with van der Waals surface area (Å²) >= 11 is 5.24. The number of benzene rings is 1. The Labute approximate surface area is 132 Å². The summed E-state index contributed by atoms with van der Waals surface area (Å²) < 4.78 is 6.33. The van der Waals surface area contributed by atoms with Crippen molar-refractivity contribution in [3.63, 3.8) is 0 Å². The Morgan fingerprint density at radius 3 is 2.65 bits per heavy atom. The van der Waals surface area contributed by atoms with E-state index < -0.39 is 0 Å². The zero-order valence-corrected chi connectivity index (χ0v) is 14.1. The molecule has 0 fully saturated rings. The van der Waals surface area contributed by atoms with Crippen LogP contribution in [-0.4, -0.2) is 27.2 Å². The molecule has 108 valence electrons. The van der Waals surface area contributed by atoms with Gasteiger partial charge in [-0.3, -0.25) is 0 Å². The summed E-state index contributed by atoms with van der Waals surface area (Å²) in [6, 6.07) is 10.3. The first-order valence-corrected chi connectivity index (χ1v) is 8.15. The van der Waals surface area contributed by atoms with Crippen molar-refractivity contribution in [2.45, 2.75) is 6.54 Å². The minimum Gasteiger partial charge on any atom is -0.497 e. The van der Waals surface area contributed by atoms with Crippen LogP contribution in [0.3, 0.4) is 0 Å². The first-order chi connectivity index (χ1) is 9.69. The molecule has 0 saturated carbocycles. The Morgan fingerprint density at radius 1 is 1.30 bits per heavy atom. The summed E-state index contributed by atoms with van der Waals surface area (Å²) in [5.74, 6) is 0.892. The van der Waals surface area contributed by atoms with Gasteiger partial charge in [-0.25, -0.2) is 0 Å². The fourth-order valence-corrected chi connectivity index (χ4v) is 3.29. The fraction of sp³-hybridized carbons (Fsp3) is 0.333. The lowest BCUT2D eigenvalue weighted by Crippen LogP contribution is -2.28. The van der Waals surface area contributed by atoms with E-state index in [0.717, 1.165) is 29.9 Å². The van der Waals surface area contributed by atoms with Gasteiger partial charge in [-0.2, -0.15) is 0 Å². The average Bonchev–Trinajstić information content (AvgIpc) is 2.89. The second kappa shape index (κ2) is 7.67. The Kier molecular flexibility index (Phi) is 5.88. The van der Waals surface area contributed by atoms with Crippen molar-refractivity contribution in [3.05, 3.63) is 45.1 Å². The number of nitrogens with one attached hydrogen (secondary N) is 1. The number of ether oxygens (including phenoxy) is 1. The van der Waals surface area contributed by atoms with Crippen molar-refractivity contribution < 1.29 is 4.74 Å². The molecule has 0 aliphatic rings. The van der Waals surface area contributed by atoms with Crippen LogP contribution in [0.15, 0.2) is 40.2 Å². The fourth-order valence-electron chi connectivity index (χ4n) is 1.87. The van der Waals surface area contributed by atoms with Crippen LogP contribution < -0.4 is 15.0 Å². The molecule has 0 spiro atoms. The number of nitrogens with zero attached hydrogens (tertiary/aromatic N) is 1. The number of thiophene rings is 1. The molecule has 2 aromatic rings. The summed E-state index contributed by atoms with van der Waals surface area (Å²) in [7, 11) is 3.79. The maximum absolute atomic E-state index is 5.16. The third kappa shape index (κ3) is 4.51. The van der Waals surface area contributed by atoms with Gasteiger partial charge in [0.2, 0.25) is 0 Å². The summed E-state index contributed by atoms with van der Waals surface area (Å²) in [5, 5.41) is 5.57. The molecule has 0 unspecified atom stereocenters. The third-order valence-corrected chi connectivity index (χ3v) is 4.76. The lowest BCUT2D eigenvalue weighted by atomic mass is 10.3. The molecule has 1 aromatic carbocycles. The molecule has 1 aromatic heterocycles. The summed E-state index contributed by atoms with van der Waals surface area (Å²) in [5.41, 5.74) is 1.20. The van der Waals surface area contributed by atoms with Crippen LogP contribution in [0.5, 0.6) is 5.75 Å². The molecule has 0 aliphatic heterocycles. The predicted molar refractivity (Wildman–Crippen MR) is 90.0 cm³/mol. The van der Waals surface area contributed by atoms with Crippen LogP contribution in [0, 0.1) is 0 Å². The molecule has 1 heterocycles. The molecular formula is C15H19BrN2OS. The molecule has 0 amide bonds. The van der Waals surface area contributed by atoms with Crippen molar-refractivity contribution in [3.8, 4) is 5.75 Å². The number of hydrogen-bond donors (Lipinski definition) is 1. The average molecular weight is 355 g/mol. The number of rotatable bonds is 7. The summed E-state index contributed by atoms with van der Waals surface area (Å²) in [6.45, 7) is 2.85. The lowest BCUT2D eigenvalue weighted by molar-refractivity contribution is 0.415. The highest BCUT2D eigenvalue weighted by Gasteiger charge is 2.01. The van der Waals surface area contributed by atoms with Crippen molar-refractivity contribution in [1.29, 1.82) is 0 Å². The van der Waals surface area contributed by atoms with E-state index in [2.05, 4.69) is 56.8 Å². The van der Waals surface area contributed by atoms with Gasteiger partial charge in [0.1, 0.15) is 5.75 Å². The molecule has 0 saturated heterocycles. The van der Waals surface area contributed by atoms with Crippen LogP contribution in [0.25, 0.3) is 0 Å². The Bertz CT molecular complexity index is 527. The molecular weight excluding hydrogens is 336 g/mol. The molecule has 1 N–H and O–H groups in total. The quantitative estimate of drug-likeness (QED) is 0.766. The van der Waals surface area contributed by atoms with Crippen molar-refractivity contribution >= 4 is 33.0 Å². The monoisotopic (exact) mass is 354 g/mol. The molecule has 0 bridgehead atoms. The zero-order valence-electron chi connectivity index (χ0n) is 11.7. The highest BCUT2D eigenvalue weighted by atomic mass is 79.9. The van der Waals surface area contributed by atoms with Gasteiger partial charge >= 0.3 is 0 Å². The van der Waals surface area contributed by atoms with Crippen LogP contribution in [-0.2, 0) is 6.54 Å². The molecule has 0 aliphatic carbocycles. The maximum atomic E-state index is 5.16. The normalized spacial score (nSPS) is 10.6. The second-order valence-corrected chi connectivity index (χ2v) is 6.44. The van der Waals surface area contributed by atoms with Gasteiger partial charge in [-0.1, -0.05) is 0 Å². The van der Waals surface area contributed by atoms with E-state index in [1.807, 2.05) is 12.1 Å². The summed E-state index contributed by atoms with van der Waals surface area (Å²) in [4.78, 5) is 3.58. The van der Waals surface area contributed by atoms with Crippen LogP contribution >= 0.6 is 27.3 Å². The van der Waals surface area contributed by atoms with Crippen molar-refractivity contribution in [2.75, 3.05) is 32.1 Å². The van der Waals surface area contributed by atoms with E-state index in [1.54, 1.807) is 18.4 Å². The maximum Gasteiger partial charge on any atom is 0.119 e. The van der Waals surface area contributed by atoms with E-state index in [9.17, 15) is 0 Å². The van der Waals surface area contributed by atoms with Crippen molar-refractivity contribution in [1.82, 2.24) is 5.32 Å². The third-order valence-electron chi connectivity index (χ3n) is 3.06. The largest absolute Gasteiger partial charge is 0.497 e. The standard InChI is InChI=1S/C15H19BrN2OS/c1-18(13-3-5-14(19-2)6-4-13)8-7-17-10-15-9-12(16)11-20-15/h3-6,9,11,17H,7-8,10H2,1-2H3.